The van der Waals surface area contributed by atoms with Gasteiger partial charge in [0.2, 0.25) is 0 Å². The second kappa shape index (κ2) is 4.31. The molecular weight excluding hydrogens is 226 g/mol. The lowest BCUT2D eigenvalue weighted by molar-refractivity contribution is 0.238. The van der Waals surface area contributed by atoms with Crippen LogP contribution in [0.1, 0.15) is 32.5 Å². The topological polar surface area (TPSA) is 55.1 Å². The number of fused-ring (bicyclic) bond motifs is 1. The van der Waals surface area contributed by atoms with E-state index < -0.39 is 0 Å². The fraction of sp³-hybridized carbons (Fsp3) is 0.615. The third-order valence-electron chi connectivity index (χ3n) is 4.07. The van der Waals surface area contributed by atoms with Crippen LogP contribution in [0.25, 0.3) is 5.65 Å². The van der Waals surface area contributed by atoms with Crippen molar-refractivity contribution in [3.63, 3.8) is 0 Å². The number of nitrogens with one attached hydrogen (secondary N) is 1. The molecule has 5 nitrogen and oxygen atoms in total. The first kappa shape index (κ1) is 11.6. The Morgan fingerprint density at radius 1 is 1.39 bits per heavy atom. The Kier molecular flexibility index (Phi) is 2.78. The zero-order valence-corrected chi connectivity index (χ0v) is 10.9. The maximum absolute atomic E-state index is 4.37. The maximum atomic E-state index is 4.37. The van der Waals surface area contributed by atoms with Gasteiger partial charge in [0.05, 0.1) is 0 Å². The van der Waals surface area contributed by atoms with Crippen molar-refractivity contribution in [2.45, 2.75) is 32.1 Å². The molecule has 1 aliphatic rings. The van der Waals surface area contributed by atoms with E-state index >= 15 is 0 Å². The van der Waals surface area contributed by atoms with Gasteiger partial charge in [-0.25, -0.2) is 0 Å². The van der Waals surface area contributed by atoms with Gasteiger partial charge >= 0.3 is 0 Å². The standard InChI is InChI=1S/C13H19N5/c1-13(2,10-5-3-7-14-9-10)12-17-16-11-6-4-8-15-18(11)12/h4,6,8,10,14H,3,5,7,9H2,1-2H3. The van der Waals surface area contributed by atoms with E-state index in [2.05, 4.69) is 34.5 Å². The average molecular weight is 245 g/mol. The molecule has 0 saturated carbocycles. The number of nitrogens with zero attached hydrogens (tertiary/aromatic N) is 4. The normalized spacial score (nSPS) is 21.3. The third-order valence-corrected chi connectivity index (χ3v) is 4.07. The summed E-state index contributed by atoms with van der Waals surface area (Å²) in [4.78, 5) is 0. The molecule has 1 N–H and O–H groups in total. The summed E-state index contributed by atoms with van der Waals surface area (Å²) in [5.74, 6) is 1.55. The smallest absolute Gasteiger partial charge is 0.177 e. The molecule has 1 atom stereocenters. The second-order valence-corrected chi connectivity index (χ2v) is 5.58. The highest BCUT2D eigenvalue weighted by Gasteiger charge is 2.36. The van der Waals surface area contributed by atoms with Crippen molar-refractivity contribution < 1.29 is 0 Å². The summed E-state index contributed by atoms with van der Waals surface area (Å²) in [6, 6.07) is 3.83. The van der Waals surface area contributed by atoms with Crippen molar-refractivity contribution in [3.8, 4) is 0 Å². The van der Waals surface area contributed by atoms with E-state index in [1.54, 1.807) is 6.20 Å². The molecule has 0 spiro atoms. The molecule has 0 amide bonds. The molecule has 3 rings (SSSR count). The van der Waals surface area contributed by atoms with Crippen molar-refractivity contribution in [2.75, 3.05) is 13.1 Å². The molecule has 1 aliphatic heterocycles. The van der Waals surface area contributed by atoms with Crippen LogP contribution < -0.4 is 5.32 Å². The number of hydrogen-bond acceptors (Lipinski definition) is 4. The summed E-state index contributed by atoms with van der Waals surface area (Å²) in [7, 11) is 0. The van der Waals surface area contributed by atoms with Gasteiger partial charge in [-0.15, -0.1) is 10.2 Å². The van der Waals surface area contributed by atoms with E-state index in [0.717, 1.165) is 24.6 Å². The van der Waals surface area contributed by atoms with Crippen LogP contribution >= 0.6 is 0 Å². The summed E-state index contributed by atoms with van der Waals surface area (Å²) in [6.07, 6.45) is 4.26. The van der Waals surface area contributed by atoms with Crippen LogP contribution in [-0.4, -0.2) is 32.9 Å². The predicted molar refractivity (Wildman–Crippen MR) is 69.4 cm³/mol. The molecular formula is C13H19N5. The van der Waals surface area contributed by atoms with Gasteiger partial charge in [0.25, 0.3) is 0 Å². The highest BCUT2D eigenvalue weighted by atomic mass is 15.4. The number of hydrogen-bond donors (Lipinski definition) is 1. The molecule has 96 valence electrons. The van der Waals surface area contributed by atoms with E-state index in [1.165, 1.54) is 12.8 Å². The van der Waals surface area contributed by atoms with Gasteiger partial charge in [-0.1, -0.05) is 13.8 Å². The highest BCUT2D eigenvalue weighted by Crippen LogP contribution is 2.34. The first-order valence-electron chi connectivity index (χ1n) is 6.57. The van der Waals surface area contributed by atoms with Gasteiger partial charge in [-0.2, -0.15) is 9.61 Å². The lowest BCUT2D eigenvalue weighted by Crippen LogP contribution is -2.41. The summed E-state index contributed by atoms with van der Waals surface area (Å²) < 4.78 is 1.87. The third kappa shape index (κ3) is 1.79. The molecule has 2 aromatic rings. The second-order valence-electron chi connectivity index (χ2n) is 5.58. The van der Waals surface area contributed by atoms with Crippen LogP contribution in [0.2, 0.25) is 0 Å². The van der Waals surface area contributed by atoms with Gasteiger partial charge in [0, 0.05) is 11.6 Å². The van der Waals surface area contributed by atoms with Crippen molar-refractivity contribution >= 4 is 5.65 Å². The quantitative estimate of drug-likeness (QED) is 0.869. The minimum Gasteiger partial charge on any atom is -0.316 e. The fourth-order valence-electron chi connectivity index (χ4n) is 2.80. The first-order valence-corrected chi connectivity index (χ1v) is 6.57. The Bertz CT molecular complexity index is 539. The SMILES string of the molecule is CC(C)(c1nnc2cccnn12)C1CCCNC1. The summed E-state index contributed by atoms with van der Waals surface area (Å²) in [5, 5.41) is 16.4. The number of rotatable bonds is 2. The van der Waals surface area contributed by atoms with E-state index in [0.29, 0.717) is 5.92 Å². The number of aromatic nitrogens is 4. The van der Waals surface area contributed by atoms with Crippen molar-refractivity contribution in [1.82, 2.24) is 25.1 Å². The van der Waals surface area contributed by atoms with Gasteiger partial charge in [-0.3, -0.25) is 0 Å². The van der Waals surface area contributed by atoms with E-state index in [4.69, 9.17) is 0 Å². The minimum atomic E-state index is -0.0127. The molecule has 1 unspecified atom stereocenters. The lowest BCUT2D eigenvalue weighted by Gasteiger charge is -2.35. The van der Waals surface area contributed by atoms with Crippen LogP contribution in [-0.2, 0) is 5.41 Å². The molecule has 0 aromatic carbocycles. The largest absolute Gasteiger partial charge is 0.316 e. The molecule has 1 saturated heterocycles. The first-order chi connectivity index (χ1) is 8.69. The van der Waals surface area contributed by atoms with Crippen LogP contribution in [0, 0.1) is 5.92 Å². The molecule has 5 heteroatoms. The maximum Gasteiger partial charge on any atom is 0.177 e. The van der Waals surface area contributed by atoms with Gasteiger partial charge < -0.3 is 5.32 Å². The zero-order valence-electron chi connectivity index (χ0n) is 10.9. The minimum absolute atomic E-state index is 0.0127. The molecule has 0 aliphatic carbocycles. The van der Waals surface area contributed by atoms with E-state index in [9.17, 15) is 0 Å². The monoisotopic (exact) mass is 245 g/mol. The molecule has 3 heterocycles. The number of piperidine rings is 1. The van der Waals surface area contributed by atoms with E-state index in [1.807, 2.05) is 16.6 Å². The Hall–Kier alpha value is -1.49. The summed E-state index contributed by atoms with van der Waals surface area (Å²) in [5.41, 5.74) is 0.811. The highest BCUT2D eigenvalue weighted by molar-refractivity contribution is 5.36. The average Bonchev–Trinajstić information content (AvgIpc) is 2.84. The van der Waals surface area contributed by atoms with Crippen LogP contribution in [0.5, 0.6) is 0 Å². The molecule has 0 bridgehead atoms. The Labute approximate surface area is 107 Å². The predicted octanol–water partition coefficient (Wildman–Crippen LogP) is 1.40. The summed E-state index contributed by atoms with van der Waals surface area (Å²) >= 11 is 0. The summed E-state index contributed by atoms with van der Waals surface area (Å²) in [6.45, 7) is 6.67. The van der Waals surface area contributed by atoms with Crippen LogP contribution in [0.15, 0.2) is 18.3 Å². The van der Waals surface area contributed by atoms with Crippen LogP contribution in [0.4, 0.5) is 0 Å². The Balaban J connectivity index is 2.01. The van der Waals surface area contributed by atoms with Gasteiger partial charge in [0.1, 0.15) is 0 Å². The molecule has 2 aromatic heterocycles. The van der Waals surface area contributed by atoms with Gasteiger partial charge in [-0.05, 0) is 44.0 Å². The molecule has 1 fully saturated rings. The lowest BCUT2D eigenvalue weighted by atomic mass is 9.74. The van der Waals surface area contributed by atoms with Crippen molar-refractivity contribution in [3.05, 3.63) is 24.2 Å². The Morgan fingerprint density at radius 2 is 2.28 bits per heavy atom. The van der Waals surface area contributed by atoms with E-state index in [-0.39, 0.29) is 5.41 Å². The fourth-order valence-corrected chi connectivity index (χ4v) is 2.80. The van der Waals surface area contributed by atoms with Crippen molar-refractivity contribution in [1.29, 1.82) is 0 Å². The zero-order chi connectivity index (χ0) is 12.6. The Morgan fingerprint density at radius 3 is 3.06 bits per heavy atom. The molecule has 18 heavy (non-hydrogen) atoms. The van der Waals surface area contributed by atoms with Crippen LogP contribution in [0.3, 0.4) is 0 Å². The van der Waals surface area contributed by atoms with Gasteiger partial charge in [0.15, 0.2) is 11.5 Å². The van der Waals surface area contributed by atoms with Crippen molar-refractivity contribution in [2.24, 2.45) is 5.92 Å². The molecule has 0 radical (unpaired) electrons.